The van der Waals surface area contributed by atoms with Gasteiger partial charge in [-0.15, -0.1) is 0 Å². The maximum absolute atomic E-state index is 13.8. The van der Waals surface area contributed by atoms with Gasteiger partial charge in [0.05, 0.1) is 5.92 Å². The molecule has 1 aliphatic carbocycles. The topological polar surface area (TPSA) is 66.8 Å². The Morgan fingerprint density at radius 3 is 2.35 bits per heavy atom. The van der Waals surface area contributed by atoms with E-state index in [9.17, 15) is 23.5 Å². The minimum atomic E-state index is -3.04. The molecule has 20 heavy (non-hydrogen) atoms. The van der Waals surface area contributed by atoms with Crippen LogP contribution in [0.25, 0.3) is 0 Å². The van der Waals surface area contributed by atoms with Crippen LogP contribution in [0.4, 0.5) is 13.6 Å². The molecule has 0 aromatic heterocycles. The van der Waals surface area contributed by atoms with Crippen molar-refractivity contribution in [2.75, 3.05) is 0 Å². The Morgan fingerprint density at radius 2 is 1.90 bits per heavy atom. The Bertz CT molecular complexity index is 433. The van der Waals surface area contributed by atoms with Gasteiger partial charge in [-0.05, 0) is 33.6 Å². The number of carboxylic acids is 1. The van der Waals surface area contributed by atoms with Crippen LogP contribution in [0.2, 0.25) is 0 Å². The van der Waals surface area contributed by atoms with E-state index in [-0.39, 0.29) is 6.42 Å². The van der Waals surface area contributed by atoms with Crippen LogP contribution >= 0.6 is 0 Å². The molecule has 0 spiro atoms. The smallest absolute Gasteiger partial charge is 0.411 e. The number of halogens is 2. The molecule has 2 aliphatic heterocycles. The van der Waals surface area contributed by atoms with Crippen molar-refractivity contribution < 1.29 is 28.2 Å². The highest BCUT2D eigenvalue weighted by Crippen LogP contribution is 2.49. The Hall–Kier alpha value is -1.40. The number of carbonyl (C=O) groups is 2. The maximum Gasteiger partial charge on any atom is 0.411 e. The Balaban J connectivity index is 2.28. The Labute approximate surface area is 115 Å². The van der Waals surface area contributed by atoms with Crippen molar-refractivity contribution in [3.05, 3.63) is 0 Å². The van der Waals surface area contributed by atoms with Gasteiger partial charge < -0.3 is 9.84 Å². The van der Waals surface area contributed by atoms with Gasteiger partial charge in [0, 0.05) is 12.5 Å². The molecule has 2 bridgehead atoms. The van der Waals surface area contributed by atoms with Gasteiger partial charge in [0.2, 0.25) is 0 Å². The molecule has 2 saturated heterocycles. The molecule has 7 heteroatoms. The molecule has 0 aromatic carbocycles. The highest BCUT2D eigenvalue weighted by molar-refractivity contribution is 5.81. The van der Waals surface area contributed by atoms with Gasteiger partial charge in [-0.25, -0.2) is 18.4 Å². The van der Waals surface area contributed by atoms with E-state index in [1.807, 2.05) is 0 Å². The third-order valence-corrected chi connectivity index (χ3v) is 3.79. The highest BCUT2D eigenvalue weighted by Gasteiger charge is 2.61. The van der Waals surface area contributed by atoms with E-state index in [1.54, 1.807) is 20.8 Å². The second kappa shape index (κ2) is 4.56. The van der Waals surface area contributed by atoms with Crippen molar-refractivity contribution in [3.63, 3.8) is 0 Å². The lowest BCUT2D eigenvalue weighted by molar-refractivity contribution is -0.192. The van der Waals surface area contributed by atoms with E-state index in [2.05, 4.69) is 0 Å². The summed E-state index contributed by atoms with van der Waals surface area (Å²) in [6.45, 7) is 4.95. The molecule has 3 fully saturated rings. The first-order valence-electron chi connectivity index (χ1n) is 6.65. The number of piperidine rings is 2. The van der Waals surface area contributed by atoms with Crippen molar-refractivity contribution in [2.24, 2.45) is 5.92 Å². The van der Waals surface area contributed by atoms with Crippen LogP contribution < -0.4 is 0 Å². The molecule has 3 aliphatic rings. The monoisotopic (exact) mass is 291 g/mol. The summed E-state index contributed by atoms with van der Waals surface area (Å²) in [7, 11) is 0. The highest BCUT2D eigenvalue weighted by atomic mass is 19.3. The molecule has 3 atom stereocenters. The molecule has 0 unspecified atom stereocenters. The van der Waals surface area contributed by atoms with Gasteiger partial charge in [0.25, 0.3) is 5.92 Å². The number of ether oxygens (including phenoxy) is 1. The lowest BCUT2D eigenvalue weighted by Crippen LogP contribution is -2.67. The number of carbonyl (C=O) groups excluding carboxylic acids is 1. The summed E-state index contributed by atoms with van der Waals surface area (Å²) in [5.41, 5.74) is -0.792. The Morgan fingerprint density at radius 1 is 1.30 bits per heavy atom. The SMILES string of the molecule is CC(C)(C)OC(=O)N1[C@H]2CC[C@@H]([C@@H]1C(=O)O)C(F)(F)C2. The molecule has 0 aromatic rings. The summed E-state index contributed by atoms with van der Waals surface area (Å²) in [6.07, 6.45) is -0.798. The average molecular weight is 291 g/mol. The van der Waals surface area contributed by atoms with Gasteiger partial charge in [0.15, 0.2) is 0 Å². The molecule has 2 heterocycles. The lowest BCUT2D eigenvalue weighted by atomic mass is 9.72. The van der Waals surface area contributed by atoms with Crippen molar-refractivity contribution in [1.29, 1.82) is 0 Å². The van der Waals surface area contributed by atoms with E-state index in [0.717, 1.165) is 4.90 Å². The fraction of sp³-hybridized carbons (Fsp3) is 0.846. The fourth-order valence-electron chi connectivity index (χ4n) is 3.07. The minimum absolute atomic E-state index is 0.119. The summed E-state index contributed by atoms with van der Waals surface area (Å²) in [5, 5.41) is 9.23. The molecular weight excluding hydrogens is 272 g/mol. The van der Waals surface area contributed by atoms with Crippen molar-refractivity contribution >= 4 is 12.1 Å². The zero-order valence-corrected chi connectivity index (χ0v) is 11.7. The summed E-state index contributed by atoms with van der Waals surface area (Å²) < 4.78 is 32.8. The molecule has 3 rings (SSSR count). The van der Waals surface area contributed by atoms with Gasteiger partial charge in [-0.2, -0.15) is 0 Å². The molecule has 0 radical (unpaired) electrons. The second-order valence-corrected chi connectivity index (χ2v) is 6.47. The van der Waals surface area contributed by atoms with Gasteiger partial charge >= 0.3 is 12.1 Å². The first kappa shape index (κ1) is 15.0. The molecular formula is C13H19F2NO4. The van der Waals surface area contributed by atoms with Crippen molar-refractivity contribution in [3.8, 4) is 0 Å². The zero-order chi connectivity index (χ0) is 15.3. The fourth-order valence-corrected chi connectivity index (χ4v) is 3.07. The number of nitrogens with zero attached hydrogens (tertiary/aromatic N) is 1. The van der Waals surface area contributed by atoms with Crippen LogP contribution in [0.3, 0.4) is 0 Å². The number of fused-ring (bicyclic) bond motifs is 3. The number of hydrogen-bond donors (Lipinski definition) is 1. The van der Waals surface area contributed by atoms with Gasteiger partial charge in [0.1, 0.15) is 11.6 Å². The first-order valence-corrected chi connectivity index (χ1v) is 6.65. The lowest BCUT2D eigenvalue weighted by Gasteiger charge is -2.52. The Kier molecular flexibility index (Phi) is 3.42. The third-order valence-electron chi connectivity index (χ3n) is 3.79. The molecule has 5 nitrogen and oxygen atoms in total. The van der Waals surface area contributed by atoms with E-state index < -0.39 is 48.0 Å². The number of carboxylic acid groups (broad SMARTS) is 1. The van der Waals surface area contributed by atoms with Crippen LogP contribution in [0.15, 0.2) is 0 Å². The first-order chi connectivity index (χ1) is 9.03. The quantitative estimate of drug-likeness (QED) is 0.806. The normalized spacial score (nSPS) is 32.0. The standard InChI is InChI=1S/C13H19F2NO4/c1-12(2,3)20-11(19)16-7-4-5-8(9(16)10(17)18)13(14,15)6-7/h7-9H,4-6H2,1-3H3,(H,17,18)/t7-,8-,9+/m0/s1. The van der Waals surface area contributed by atoms with Crippen LogP contribution in [0, 0.1) is 5.92 Å². The van der Waals surface area contributed by atoms with Crippen molar-refractivity contribution in [1.82, 2.24) is 4.90 Å². The number of amides is 1. The van der Waals surface area contributed by atoms with Crippen LogP contribution in [0.5, 0.6) is 0 Å². The predicted molar refractivity (Wildman–Crippen MR) is 65.6 cm³/mol. The average Bonchev–Trinajstić information content (AvgIpc) is 2.24. The summed E-state index contributed by atoms with van der Waals surface area (Å²) in [6, 6.07) is -2.28. The maximum atomic E-state index is 13.8. The summed E-state index contributed by atoms with van der Waals surface area (Å²) in [5.74, 6) is -5.77. The van der Waals surface area contributed by atoms with E-state index >= 15 is 0 Å². The number of rotatable bonds is 1. The zero-order valence-electron chi connectivity index (χ0n) is 11.7. The predicted octanol–water partition coefficient (Wildman–Crippen LogP) is 2.49. The number of alkyl halides is 2. The summed E-state index contributed by atoms with van der Waals surface area (Å²) >= 11 is 0. The van der Waals surface area contributed by atoms with Gasteiger partial charge in [-0.3, -0.25) is 4.90 Å². The molecule has 1 N–H and O–H groups in total. The van der Waals surface area contributed by atoms with Gasteiger partial charge in [-0.1, -0.05) is 0 Å². The molecule has 114 valence electrons. The van der Waals surface area contributed by atoms with Crippen molar-refractivity contribution in [2.45, 2.75) is 63.6 Å². The van der Waals surface area contributed by atoms with Crippen LogP contribution in [-0.4, -0.2) is 45.7 Å². The number of hydrogen-bond acceptors (Lipinski definition) is 3. The number of aliphatic carboxylic acids is 1. The van der Waals surface area contributed by atoms with E-state index in [0.29, 0.717) is 6.42 Å². The van der Waals surface area contributed by atoms with E-state index in [4.69, 9.17) is 4.74 Å². The third kappa shape index (κ3) is 2.58. The second-order valence-electron chi connectivity index (χ2n) is 6.47. The van der Waals surface area contributed by atoms with E-state index in [1.165, 1.54) is 0 Å². The summed E-state index contributed by atoms with van der Waals surface area (Å²) in [4.78, 5) is 24.5. The minimum Gasteiger partial charge on any atom is -0.480 e. The molecule has 1 saturated carbocycles. The largest absolute Gasteiger partial charge is 0.480 e. The molecule has 1 amide bonds. The van der Waals surface area contributed by atoms with Crippen LogP contribution in [-0.2, 0) is 9.53 Å². The van der Waals surface area contributed by atoms with Crippen LogP contribution in [0.1, 0.15) is 40.0 Å².